The highest BCUT2D eigenvalue weighted by Crippen LogP contribution is 2.16. The van der Waals surface area contributed by atoms with Gasteiger partial charge in [0.05, 0.1) is 6.04 Å². The van der Waals surface area contributed by atoms with Crippen LogP contribution in [0.5, 0.6) is 0 Å². The average Bonchev–Trinajstić information content (AvgIpc) is 2.17. The zero-order valence-electron chi connectivity index (χ0n) is 10.2. The minimum absolute atomic E-state index is 0.143. The van der Waals surface area contributed by atoms with E-state index in [1.807, 2.05) is 6.92 Å². The molecule has 0 aromatic heterocycles. The second-order valence-corrected chi connectivity index (χ2v) is 5.03. The van der Waals surface area contributed by atoms with Crippen LogP contribution < -0.4 is 16.4 Å². The number of carbonyl (C=O) groups is 2. The molecule has 0 saturated carbocycles. The number of hydrogen-bond donors (Lipinski definition) is 3. The van der Waals surface area contributed by atoms with Crippen LogP contribution in [0.15, 0.2) is 0 Å². The molecule has 0 spiro atoms. The molecule has 2 atom stereocenters. The molecule has 1 aliphatic rings. The summed E-state index contributed by atoms with van der Waals surface area (Å²) in [5.41, 5.74) is 4.22. The van der Waals surface area contributed by atoms with Gasteiger partial charge in [-0.2, -0.15) is 0 Å². The largest absolute Gasteiger partial charge is 0.368 e. The molecule has 1 heterocycles. The smallest absolute Gasteiger partial charge is 0.242 e. The van der Waals surface area contributed by atoms with E-state index >= 15 is 0 Å². The number of rotatable bonds is 3. The van der Waals surface area contributed by atoms with Gasteiger partial charge in [0, 0.05) is 0 Å². The monoisotopic (exact) mass is 227 g/mol. The third-order valence-electron chi connectivity index (χ3n) is 3.10. The van der Waals surface area contributed by atoms with Crippen LogP contribution in [0.4, 0.5) is 0 Å². The van der Waals surface area contributed by atoms with Crippen molar-refractivity contribution in [3.63, 3.8) is 0 Å². The van der Waals surface area contributed by atoms with Gasteiger partial charge < -0.3 is 16.4 Å². The molecule has 0 aromatic carbocycles. The van der Waals surface area contributed by atoms with Gasteiger partial charge in [0.1, 0.15) is 5.54 Å². The molecule has 0 aliphatic carbocycles. The topological polar surface area (TPSA) is 84.2 Å². The minimum atomic E-state index is -0.990. The van der Waals surface area contributed by atoms with Gasteiger partial charge in [-0.15, -0.1) is 0 Å². The molecule has 2 unspecified atom stereocenters. The molecule has 1 fully saturated rings. The Morgan fingerprint density at radius 3 is 2.56 bits per heavy atom. The lowest BCUT2D eigenvalue weighted by Gasteiger charge is -2.32. The molecular formula is C11H21N3O2. The van der Waals surface area contributed by atoms with E-state index in [0.717, 1.165) is 19.4 Å². The molecule has 4 N–H and O–H groups in total. The third kappa shape index (κ3) is 2.95. The maximum atomic E-state index is 11.9. The molecule has 16 heavy (non-hydrogen) atoms. The zero-order chi connectivity index (χ0) is 12.3. The van der Waals surface area contributed by atoms with Crippen molar-refractivity contribution in [1.29, 1.82) is 0 Å². The van der Waals surface area contributed by atoms with Gasteiger partial charge in [0.2, 0.25) is 11.8 Å². The number of piperidine rings is 1. The summed E-state index contributed by atoms with van der Waals surface area (Å²) in [7, 11) is 0. The van der Waals surface area contributed by atoms with Gasteiger partial charge in [-0.1, -0.05) is 6.92 Å². The maximum Gasteiger partial charge on any atom is 0.242 e. The van der Waals surface area contributed by atoms with Crippen LogP contribution in [-0.2, 0) is 9.59 Å². The summed E-state index contributed by atoms with van der Waals surface area (Å²) >= 11 is 0. The first kappa shape index (κ1) is 13.0. The summed E-state index contributed by atoms with van der Waals surface area (Å²) in [6.45, 7) is 6.11. The minimum Gasteiger partial charge on any atom is -0.368 e. The average molecular weight is 227 g/mol. The molecule has 1 rings (SSSR count). The Bertz CT molecular complexity index is 289. The highest BCUT2D eigenvalue weighted by Gasteiger charge is 2.33. The Morgan fingerprint density at radius 2 is 2.06 bits per heavy atom. The van der Waals surface area contributed by atoms with Crippen LogP contribution >= 0.6 is 0 Å². The highest BCUT2D eigenvalue weighted by molar-refractivity contribution is 5.91. The number of amides is 2. The fraction of sp³-hybridized carbons (Fsp3) is 0.818. The molecule has 1 saturated heterocycles. The number of hydrogen-bond acceptors (Lipinski definition) is 3. The van der Waals surface area contributed by atoms with Crippen LogP contribution in [0.2, 0.25) is 0 Å². The van der Waals surface area contributed by atoms with Crippen molar-refractivity contribution in [3.05, 3.63) is 0 Å². The van der Waals surface area contributed by atoms with Crippen molar-refractivity contribution in [2.24, 2.45) is 11.7 Å². The van der Waals surface area contributed by atoms with Gasteiger partial charge in [-0.25, -0.2) is 0 Å². The predicted octanol–water partition coefficient (Wildman–Crippen LogP) is -0.245. The Kier molecular flexibility index (Phi) is 3.91. The van der Waals surface area contributed by atoms with Crippen LogP contribution in [0, 0.1) is 5.92 Å². The quantitative estimate of drug-likeness (QED) is 0.622. The van der Waals surface area contributed by atoms with Crippen molar-refractivity contribution in [2.75, 3.05) is 6.54 Å². The first-order valence-corrected chi connectivity index (χ1v) is 5.70. The summed E-state index contributed by atoms with van der Waals surface area (Å²) in [6, 6.07) is -0.215. The summed E-state index contributed by atoms with van der Waals surface area (Å²) in [5.74, 6) is -0.377. The molecule has 0 radical (unpaired) electrons. The van der Waals surface area contributed by atoms with E-state index in [9.17, 15) is 9.59 Å². The van der Waals surface area contributed by atoms with Gasteiger partial charge in [0.15, 0.2) is 0 Å². The Hall–Kier alpha value is -1.10. The fourth-order valence-corrected chi connectivity index (χ4v) is 1.85. The molecule has 5 nitrogen and oxygen atoms in total. The second kappa shape index (κ2) is 4.82. The molecule has 0 bridgehead atoms. The SMILES string of the molecule is CC1CCCNC1C(=O)NC(C)(C)C(N)=O. The Labute approximate surface area is 96.1 Å². The third-order valence-corrected chi connectivity index (χ3v) is 3.10. The first-order valence-electron chi connectivity index (χ1n) is 5.70. The lowest BCUT2D eigenvalue weighted by molar-refractivity contribution is -0.132. The molecule has 92 valence electrons. The van der Waals surface area contributed by atoms with E-state index in [1.165, 1.54) is 0 Å². The van der Waals surface area contributed by atoms with Gasteiger partial charge in [-0.05, 0) is 39.2 Å². The van der Waals surface area contributed by atoms with Crippen LogP contribution in [-0.4, -0.2) is 29.9 Å². The summed E-state index contributed by atoms with van der Waals surface area (Å²) in [4.78, 5) is 23.1. The lowest BCUT2D eigenvalue weighted by Crippen LogP contribution is -2.59. The summed E-state index contributed by atoms with van der Waals surface area (Å²) in [5, 5.41) is 5.85. The van der Waals surface area contributed by atoms with E-state index in [0.29, 0.717) is 0 Å². The van der Waals surface area contributed by atoms with Gasteiger partial charge in [-0.3, -0.25) is 9.59 Å². The van der Waals surface area contributed by atoms with Crippen molar-refractivity contribution in [3.8, 4) is 0 Å². The van der Waals surface area contributed by atoms with Crippen LogP contribution in [0.3, 0.4) is 0 Å². The van der Waals surface area contributed by atoms with Crippen LogP contribution in [0.25, 0.3) is 0 Å². The van der Waals surface area contributed by atoms with E-state index in [-0.39, 0.29) is 17.9 Å². The zero-order valence-corrected chi connectivity index (χ0v) is 10.2. The van der Waals surface area contributed by atoms with Gasteiger partial charge >= 0.3 is 0 Å². The number of nitrogens with one attached hydrogen (secondary N) is 2. The van der Waals surface area contributed by atoms with Crippen molar-refractivity contribution < 1.29 is 9.59 Å². The molecule has 1 aliphatic heterocycles. The normalized spacial score (nSPS) is 26.2. The number of primary amides is 1. The van der Waals surface area contributed by atoms with Crippen molar-refractivity contribution in [1.82, 2.24) is 10.6 Å². The first-order chi connectivity index (χ1) is 7.34. The van der Waals surface area contributed by atoms with E-state index < -0.39 is 11.4 Å². The second-order valence-electron chi connectivity index (χ2n) is 5.03. The lowest BCUT2D eigenvalue weighted by atomic mass is 9.91. The standard InChI is InChI=1S/C11H21N3O2/c1-7-5-4-6-13-8(7)9(15)14-11(2,3)10(12)16/h7-8,13H,4-6H2,1-3H3,(H2,12,16)(H,14,15). The van der Waals surface area contributed by atoms with Gasteiger partial charge in [0.25, 0.3) is 0 Å². The maximum absolute atomic E-state index is 11.9. The van der Waals surface area contributed by atoms with E-state index in [2.05, 4.69) is 10.6 Å². The number of carbonyl (C=O) groups excluding carboxylic acids is 2. The predicted molar refractivity (Wildman–Crippen MR) is 61.6 cm³/mol. The molecule has 2 amide bonds. The van der Waals surface area contributed by atoms with Crippen molar-refractivity contribution >= 4 is 11.8 Å². The summed E-state index contributed by atoms with van der Waals surface area (Å²) < 4.78 is 0. The van der Waals surface area contributed by atoms with Crippen molar-refractivity contribution in [2.45, 2.75) is 45.2 Å². The highest BCUT2D eigenvalue weighted by atomic mass is 16.2. The van der Waals surface area contributed by atoms with Crippen LogP contribution in [0.1, 0.15) is 33.6 Å². The van der Waals surface area contributed by atoms with E-state index in [4.69, 9.17) is 5.73 Å². The molecular weight excluding hydrogens is 206 g/mol. The molecule has 0 aromatic rings. The Morgan fingerprint density at radius 1 is 1.44 bits per heavy atom. The fourth-order valence-electron chi connectivity index (χ4n) is 1.85. The molecule has 5 heteroatoms. The summed E-state index contributed by atoms with van der Waals surface area (Å²) in [6.07, 6.45) is 2.12. The Balaban J connectivity index is 2.61. The number of nitrogens with two attached hydrogens (primary N) is 1. The van der Waals surface area contributed by atoms with E-state index in [1.54, 1.807) is 13.8 Å².